The van der Waals surface area contributed by atoms with E-state index in [-0.39, 0.29) is 0 Å². The van der Waals surface area contributed by atoms with Crippen LogP contribution in [0.15, 0.2) is 22.7 Å². The topological polar surface area (TPSA) is 74.2 Å². The molecule has 6 heteroatoms. The van der Waals surface area contributed by atoms with Crippen LogP contribution in [-0.2, 0) is 11.2 Å². The SMILES string of the molecule is Nc1ccc(Cl)c(-c2nc(CC3CCOC3)no2)c1. The zero-order valence-corrected chi connectivity index (χ0v) is 11.1. The van der Waals surface area contributed by atoms with Crippen LogP contribution in [0.3, 0.4) is 0 Å². The van der Waals surface area contributed by atoms with E-state index in [4.69, 9.17) is 26.6 Å². The number of nitrogens with zero attached hydrogens (tertiary/aromatic N) is 2. The molecule has 1 aromatic heterocycles. The van der Waals surface area contributed by atoms with Crippen LogP contribution in [0.1, 0.15) is 12.2 Å². The minimum atomic E-state index is 0.409. The first kappa shape index (κ1) is 12.4. The van der Waals surface area contributed by atoms with Crippen molar-refractivity contribution in [3.05, 3.63) is 29.0 Å². The minimum absolute atomic E-state index is 0.409. The van der Waals surface area contributed by atoms with Gasteiger partial charge in [-0.25, -0.2) is 0 Å². The minimum Gasteiger partial charge on any atom is -0.399 e. The Morgan fingerprint density at radius 3 is 3.11 bits per heavy atom. The maximum Gasteiger partial charge on any atom is 0.259 e. The average molecular weight is 280 g/mol. The molecule has 1 unspecified atom stereocenters. The number of benzene rings is 1. The van der Waals surface area contributed by atoms with E-state index in [0.29, 0.717) is 33.9 Å². The second-order valence-corrected chi connectivity index (χ2v) is 5.10. The lowest BCUT2D eigenvalue weighted by molar-refractivity contribution is 0.185. The van der Waals surface area contributed by atoms with Gasteiger partial charge in [-0.15, -0.1) is 0 Å². The molecule has 0 saturated carbocycles. The number of aromatic nitrogens is 2. The van der Waals surface area contributed by atoms with E-state index in [1.54, 1.807) is 18.2 Å². The van der Waals surface area contributed by atoms with Crippen molar-refractivity contribution in [2.45, 2.75) is 12.8 Å². The highest BCUT2D eigenvalue weighted by atomic mass is 35.5. The number of anilines is 1. The Hall–Kier alpha value is -1.59. The van der Waals surface area contributed by atoms with Gasteiger partial charge >= 0.3 is 0 Å². The largest absolute Gasteiger partial charge is 0.399 e. The van der Waals surface area contributed by atoms with Crippen molar-refractivity contribution >= 4 is 17.3 Å². The Morgan fingerprint density at radius 2 is 2.32 bits per heavy atom. The van der Waals surface area contributed by atoms with Crippen LogP contribution in [0.25, 0.3) is 11.5 Å². The summed E-state index contributed by atoms with van der Waals surface area (Å²) in [4.78, 5) is 4.37. The molecule has 0 aliphatic carbocycles. The summed E-state index contributed by atoms with van der Waals surface area (Å²) in [7, 11) is 0. The third-order valence-corrected chi connectivity index (χ3v) is 3.51. The van der Waals surface area contributed by atoms with Gasteiger partial charge in [0.1, 0.15) is 0 Å². The monoisotopic (exact) mass is 279 g/mol. The fraction of sp³-hybridized carbons (Fsp3) is 0.385. The summed E-state index contributed by atoms with van der Waals surface area (Å²) in [5.74, 6) is 1.57. The quantitative estimate of drug-likeness (QED) is 0.874. The van der Waals surface area contributed by atoms with Crippen LogP contribution in [0.2, 0.25) is 5.02 Å². The van der Waals surface area contributed by atoms with Crippen LogP contribution in [0.4, 0.5) is 5.69 Å². The van der Waals surface area contributed by atoms with Crippen molar-refractivity contribution in [3.8, 4) is 11.5 Å². The van der Waals surface area contributed by atoms with Crippen molar-refractivity contribution < 1.29 is 9.26 Å². The second kappa shape index (κ2) is 5.19. The summed E-state index contributed by atoms with van der Waals surface area (Å²) < 4.78 is 10.6. The summed E-state index contributed by atoms with van der Waals surface area (Å²) in [5.41, 5.74) is 7.02. The summed E-state index contributed by atoms with van der Waals surface area (Å²) in [6.07, 6.45) is 1.81. The van der Waals surface area contributed by atoms with Gasteiger partial charge in [0, 0.05) is 25.3 Å². The molecule has 0 bridgehead atoms. The Balaban J connectivity index is 1.82. The van der Waals surface area contributed by atoms with E-state index in [1.165, 1.54) is 0 Å². The van der Waals surface area contributed by atoms with E-state index in [9.17, 15) is 0 Å². The van der Waals surface area contributed by atoms with Gasteiger partial charge < -0.3 is 15.0 Å². The lowest BCUT2D eigenvalue weighted by atomic mass is 10.1. The van der Waals surface area contributed by atoms with Crippen LogP contribution in [-0.4, -0.2) is 23.4 Å². The highest BCUT2D eigenvalue weighted by Crippen LogP contribution is 2.29. The standard InChI is InChI=1S/C13H14ClN3O2/c14-11-2-1-9(15)6-10(11)13-16-12(17-19-13)5-8-3-4-18-7-8/h1-2,6,8H,3-5,7,15H2. The molecule has 2 N–H and O–H groups in total. The first-order chi connectivity index (χ1) is 9.22. The van der Waals surface area contributed by atoms with Gasteiger partial charge in [0.25, 0.3) is 5.89 Å². The van der Waals surface area contributed by atoms with Crippen molar-refractivity contribution in [3.63, 3.8) is 0 Å². The molecule has 1 aliphatic heterocycles. The number of hydrogen-bond acceptors (Lipinski definition) is 5. The Morgan fingerprint density at radius 1 is 1.42 bits per heavy atom. The molecule has 1 saturated heterocycles. The zero-order chi connectivity index (χ0) is 13.2. The predicted molar refractivity (Wildman–Crippen MR) is 71.8 cm³/mol. The van der Waals surface area contributed by atoms with Gasteiger partial charge in [0.15, 0.2) is 5.82 Å². The highest BCUT2D eigenvalue weighted by molar-refractivity contribution is 6.33. The van der Waals surface area contributed by atoms with Crippen LogP contribution >= 0.6 is 11.6 Å². The van der Waals surface area contributed by atoms with Crippen molar-refractivity contribution in [2.75, 3.05) is 18.9 Å². The predicted octanol–water partition coefficient (Wildman–Crippen LogP) is 2.55. The fourth-order valence-corrected chi connectivity index (χ4v) is 2.35. The van der Waals surface area contributed by atoms with Crippen LogP contribution < -0.4 is 5.73 Å². The van der Waals surface area contributed by atoms with Gasteiger partial charge in [0.05, 0.1) is 10.6 Å². The van der Waals surface area contributed by atoms with Gasteiger partial charge in [0.2, 0.25) is 0 Å². The summed E-state index contributed by atoms with van der Waals surface area (Å²) in [6.45, 7) is 1.58. The van der Waals surface area contributed by atoms with E-state index >= 15 is 0 Å². The molecule has 1 aliphatic rings. The third kappa shape index (κ3) is 2.72. The molecule has 1 aromatic carbocycles. The number of ether oxygens (including phenoxy) is 1. The smallest absolute Gasteiger partial charge is 0.259 e. The normalized spacial score (nSPS) is 18.9. The number of rotatable bonds is 3. The third-order valence-electron chi connectivity index (χ3n) is 3.18. The van der Waals surface area contributed by atoms with Gasteiger partial charge in [-0.1, -0.05) is 16.8 Å². The first-order valence-corrected chi connectivity index (χ1v) is 6.56. The summed E-state index contributed by atoms with van der Waals surface area (Å²) in [6, 6.07) is 5.19. The lowest BCUT2D eigenvalue weighted by Crippen LogP contribution is -2.04. The molecular weight excluding hydrogens is 266 g/mol. The summed E-state index contributed by atoms with van der Waals surface area (Å²) >= 11 is 6.11. The van der Waals surface area contributed by atoms with Crippen molar-refractivity contribution in [1.82, 2.24) is 10.1 Å². The maximum atomic E-state index is 6.11. The first-order valence-electron chi connectivity index (χ1n) is 6.18. The Kier molecular flexibility index (Phi) is 3.40. The molecule has 0 spiro atoms. The molecule has 0 amide bonds. The van der Waals surface area contributed by atoms with Crippen molar-refractivity contribution in [2.24, 2.45) is 5.92 Å². The molecule has 2 heterocycles. The molecule has 2 aromatic rings. The fourth-order valence-electron chi connectivity index (χ4n) is 2.16. The van der Waals surface area contributed by atoms with E-state index < -0.39 is 0 Å². The molecular formula is C13H14ClN3O2. The van der Waals surface area contributed by atoms with E-state index in [2.05, 4.69) is 10.1 Å². The molecule has 1 fully saturated rings. The lowest BCUT2D eigenvalue weighted by Gasteiger charge is -2.01. The van der Waals surface area contributed by atoms with Gasteiger partial charge in [-0.05, 0) is 30.5 Å². The molecule has 0 radical (unpaired) electrons. The van der Waals surface area contributed by atoms with Crippen molar-refractivity contribution in [1.29, 1.82) is 0 Å². The molecule has 5 nitrogen and oxygen atoms in total. The second-order valence-electron chi connectivity index (χ2n) is 4.69. The molecule has 3 rings (SSSR count). The molecule has 19 heavy (non-hydrogen) atoms. The Bertz CT molecular complexity index is 579. The zero-order valence-electron chi connectivity index (χ0n) is 10.3. The van der Waals surface area contributed by atoms with Crippen LogP contribution in [0, 0.1) is 5.92 Å². The van der Waals surface area contributed by atoms with E-state index in [1.807, 2.05) is 0 Å². The number of nitrogen functional groups attached to an aromatic ring is 1. The number of hydrogen-bond donors (Lipinski definition) is 1. The number of nitrogens with two attached hydrogens (primary N) is 1. The van der Waals surface area contributed by atoms with Gasteiger partial charge in [-0.2, -0.15) is 4.98 Å². The average Bonchev–Trinajstić information content (AvgIpc) is 3.04. The summed E-state index contributed by atoms with van der Waals surface area (Å²) in [5, 5.41) is 4.54. The molecule has 100 valence electrons. The molecule has 1 atom stereocenters. The van der Waals surface area contributed by atoms with Gasteiger partial charge in [-0.3, -0.25) is 0 Å². The van der Waals surface area contributed by atoms with E-state index in [0.717, 1.165) is 26.1 Å². The highest BCUT2D eigenvalue weighted by Gasteiger charge is 2.20. The maximum absolute atomic E-state index is 6.11. The van der Waals surface area contributed by atoms with Crippen LogP contribution in [0.5, 0.6) is 0 Å². The number of halogens is 1. The Labute approximate surface area is 115 Å².